The van der Waals surface area contributed by atoms with Crippen molar-refractivity contribution >= 4 is 28.8 Å². The van der Waals surface area contributed by atoms with Crippen molar-refractivity contribution in [1.29, 1.82) is 0 Å². The molecule has 0 spiro atoms. The Labute approximate surface area is 162 Å². The number of nitrogens with one attached hydrogen (secondary N) is 2. The zero-order chi connectivity index (χ0) is 20.4. The Morgan fingerprint density at radius 1 is 1.14 bits per heavy atom. The molecule has 2 amide bonds. The fourth-order valence-corrected chi connectivity index (χ4v) is 3.65. The second kappa shape index (κ2) is 7.80. The molecule has 1 aromatic heterocycles. The first kappa shape index (κ1) is 20.2. The number of ether oxygens (including phenoxy) is 1. The molecule has 0 aliphatic heterocycles. The summed E-state index contributed by atoms with van der Waals surface area (Å²) < 4.78 is 40.1. The fraction of sp³-hybridized carbons (Fsp3) is 0.333. The number of hydrogen-bond donors (Lipinski definition) is 3. The molecule has 1 saturated carbocycles. The van der Waals surface area contributed by atoms with Crippen LogP contribution in [0.3, 0.4) is 0 Å². The third kappa shape index (κ3) is 5.02. The number of hydrogen-bond acceptors (Lipinski definition) is 5. The monoisotopic (exact) mass is 414 g/mol. The number of carbonyl (C=O) groups excluding carboxylic acids is 2. The number of halogens is 3. The van der Waals surface area contributed by atoms with E-state index in [9.17, 15) is 27.9 Å². The van der Waals surface area contributed by atoms with Crippen LogP contribution in [-0.4, -0.2) is 29.8 Å². The second-order valence-electron chi connectivity index (χ2n) is 6.38. The van der Waals surface area contributed by atoms with Crippen LogP contribution in [0.1, 0.15) is 17.7 Å². The highest BCUT2D eigenvalue weighted by Crippen LogP contribution is 2.46. The molecule has 1 heterocycles. The molecule has 28 heavy (non-hydrogen) atoms. The van der Waals surface area contributed by atoms with Gasteiger partial charge in [0.1, 0.15) is 11.4 Å². The van der Waals surface area contributed by atoms with E-state index in [0.717, 1.165) is 29.9 Å². The van der Waals surface area contributed by atoms with Gasteiger partial charge in [0.25, 0.3) is 0 Å². The average molecular weight is 414 g/mol. The Balaban J connectivity index is 1.55. The molecule has 3 N–H and O–H groups in total. The molecule has 150 valence electrons. The van der Waals surface area contributed by atoms with Crippen LogP contribution in [-0.2, 0) is 15.2 Å². The molecule has 0 radical (unpaired) electrons. The summed E-state index contributed by atoms with van der Waals surface area (Å²) in [6.45, 7) is -0.108. The predicted molar refractivity (Wildman–Crippen MR) is 95.7 cm³/mol. The van der Waals surface area contributed by atoms with Gasteiger partial charge in [-0.1, -0.05) is 6.07 Å². The molecular formula is C18H17F3N2O4S. The van der Waals surface area contributed by atoms with E-state index in [1.54, 1.807) is 12.1 Å². The van der Waals surface area contributed by atoms with Crippen molar-refractivity contribution in [3.8, 4) is 5.75 Å². The summed E-state index contributed by atoms with van der Waals surface area (Å²) in [5, 5.41) is 17.4. The van der Waals surface area contributed by atoms with Crippen LogP contribution in [0.5, 0.6) is 5.75 Å². The van der Waals surface area contributed by atoms with Crippen molar-refractivity contribution in [1.82, 2.24) is 5.32 Å². The average Bonchev–Trinajstić information content (AvgIpc) is 3.34. The van der Waals surface area contributed by atoms with Crippen LogP contribution in [0.25, 0.3) is 0 Å². The van der Waals surface area contributed by atoms with Gasteiger partial charge in [-0.25, -0.2) is 0 Å². The van der Waals surface area contributed by atoms with Crippen LogP contribution in [0.15, 0.2) is 41.8 Å². The van der Waals surface area contributed by atoms with Gasteiger partial charge in [-0.05, 0) is 54.5 Å². The van der Waals surface area contributed by atoms with E-state index >= 15 is 0 Å². The summed E-state index contributed by atoms with van der Waals surface area (Å²) in [4.78, 5) is 24.8. The van der Waals surface area contributed by atoms with Gasteiger partial charge in [-0.15, -0.1) is 24.5 Å². The highest BCUT2D eigenvalue weighted by molar-refractivity contribution is 7.10. The van der Waals surface area contributed by atoms with Gasteiger partial charge in [0.15, 0.2) is 0 Å². The first-order chi connectivity index (χ1) is 13.2. The quantitative estimate of drug-likeness (QED) is 0.635. The molecule has 3 rings (SSSR count). The van der Waals surface area contributed by atoms with Crippen molar-refractivity contribution in [2.75, 3.05) is 11.9 Å². The smallest absolute Gasteiger partial charge is 0.406 e. The molecule has 2 aromatic rings. The molecule has 1 fully saturated rings. The summed E-state index contributed by atoms with van der Waals surface area (Å²) in [6, 6.07) is 7.97. The summed E-state index contributed by atoms with van der Waals surface area (Å²) in [7, 11) is 0. The van der Waals surface area contributed by atoms with Crippen LogP contribution >= 0.6 is 11.3 Å². The number of aliphatic hydroxyl groups is 1. The summed E-state index contributed by atoms with van der Waals surface area (Å²) in [5.41, 5.74) is -1.09. The molecule has 0 unspecified atom stereocenters. The van der Waals surface area contributed by atoms with Crippen molar-refractivity contribution in [3.05, 3.63) is 46.7 Å². The number of anilines is 1. The molecular weight excluding hydrogens is 397 g/mol. The van der Waals surface area contributed by atoms with Gasteiger partial charge >= 0.3 is 18.2 Å². The van der Waals surface area contributed by atoms with Gasteiger partial charge in [0.2, 0.25) is 0 Å². The van der Waals surface area contributed by atoms with E-state index in [1.165, 1.54) is 23.5 Å². The lowest BCUT2D eigenvalue weighted by molar-refractivity contribution is -0.274. The second-order valence-corrected chi connectivity index (χ2v) is 7.33. The van der Waals surface area contributed by atoms with Gasteiger partial charge < -0.3 is 20.5 Å². The summed E-state index contributed by atoms with van der Waals surface area (Å²) in [5.74, 6) is -2.36. The Bertz CT molecular complexity index is 836. The zero-order valence-electron chi connectivity index (χ0n) is 14.5. The third-order valence-corrected chi connectivity index (χ3v) is 5.31. The molecule has 1 aromatic carbocycles. The van der Waals surface area contributed by atoms with E-state index in [1.807, 2.05) is 5.38 Å². The Kier molecular flexibility index (Phi) is 5.61. The van der Waals surface area contributed by atoms with E-state index in [4.69, 9.17) is 0 Å². The van der Waals surface area contributed by atoms with Gasteiger partial charge in [-0.2, -0.15) is 0 Å². The minimum absolute atomic E-state index is 0.0238. The lowest BCUT2D eigenvalue weighted by Gasteiger charge is -2.27. The van der Waals surface area contributed by atoms with Crippen molar-refractivity contribution in [2.24, 2.45) is 5.92 Å². The first-order valence-electron chi connectivity index (χ1n) is 8.39. The largest absolute Gasteiger partial charge is 0.573 e. The molecule has 1 aliphatic carbocycles. The standard InChI is InChI=1S/C18H17F3N2O4S/c19-18(20,21)27-13-7-5-12(6-8-13)23-16(25)15(24)22-10-17(26,11-3-4-11)14-2-1-9-28-14/h1-2,5-9,11,26H,3-4,10H2,(H,22,24)(H,23,25)/t17-/m0/s1. The highest BCUT2D eigenvalue weighted by Gasteiger charge is 2.46. The highest BCUT2D eigenvalue weighted by atomic mass is 32.1. The van der Waals surface area contributed by atoms with Crippen LogP contribution in [0, 0.1) is 5.92 Å². The first-order valence-corrected chi connectivity index (χ1v) is 9.27. The van der Waals surface area contributed by atoms with E-state index < -0.39 is 29.5 Å². The van der Waals surface area contributed by atoms with E-state index in [2.05, 4.69) is 15.4 Å². The van der Waals surface area contributed by atoms with Crippen molar-refractivity contribution in [3.63, 3.8) is 0 Å². The number of alkyl halides is 3. The molecule has 1 atom stereocenters. The zero-order valence-corrected chi connectivity index (χ0v) is 15.3. The van der Waals surface area contributed by atoms with Gasteiger partial charge in [0, 0.05) is 10.6 Å². The fourth-order valence-electron chi connectivity index (χ4n) is 2.74. The van der Waals surface area contributed by atoms with Crippen molar-refractivity contribution in [2.45, 2.75) is 24.8 Å². The summed E-state index contributed by atoms with van der Waals surface area (Å²) in [6.07, 6.45) is -3.14. The normalized spacial score (nSPS) is 16.1. The maximum atomic E-state index is 12.1. The van der Waals surface area contributed by atoms with Crippen LogP contribution in [0.4, 0.5) is 18.9 Å². The lowest BCUT2D eigenvalue weighted by atomic mass is 9.95. The molecule has 0 bridgehead atoms. The summed E-state index contributed by atoms with van der Waals surface area (Å²) >= 11 is 1.37. The minimum atomic E-state index is -4.81. The predicted octanol–water partition coefficient (Wildman–Crippen LogP) is 3.00. The number of benzene rings is 1. The maximum absolute atomic E-state index is 12.1. The van der Waals surface area contributed by atoms with Crippen LogP contribution in [0.2, 0.25) is 0 Å². The van der Waals surface area contributed by atoms with Crippen molar-refractivity contribution < 1.29 is 32.6 Å². The Hall–Kier alpha value is -2.59. The van der Waals surface area contributed by atoms with Gasteiger partial charge in [-0.3, -0.25) is 9.59 Å². The topological polar surface area (TPSA) is 87.7 Å². The minimum Gasteiger partial charge on any atom is -0.406 e. The van der Waals surface area contributed by atoms with E-state index in [0.29, 0.717) is 0 Å². The molecule has 6 nitrogen and oxygen atoms in total. The molecule has 10 heteroatoms. The molecule has 1 aliphatic rings. The SMILES string of the molecule is O=C(NC[C@@](O)(c1cccs1)C1CC1)C(=O)Nc1ccc(OC(F)(F)F)cc1. The number of carbonyl (C=O) groups is 2. The Morgan fingerprint density at radius 2 is 1.82 bits per heavy atom. The number of rotatable bonds is 6. The van der Waals surface area contributed by atoms with Gasteiger partial charge in [0.05, 0.1) is 6.54 Å². The molecule has 0 saturated heterocycles. The number of amides is 2. The lowest BCUT2D eigenvalue weighted by Crippen LogP contribution is -2.45. The van der Waals surface area contributed by atoms with Crippen LogP contribution < -0.4 is 15.4 Å². The number of thiophene rings is 1. The third-order valence-electron chi connectivity index (χ3n) is 4.27. The van der Waals surface area contributed by atoms with E-state index in [-0.39, 0.29) is 18.2 Å². The maximum Gasteiger partial charge on any atom is 0.573 e. The Morgan fingerprint density at radius 3 is 2.36 bits per heavy atom.